The summed E-state index contributed by atoms with van der Waals surface area (Å²) in [5.74, 6) is 0. The quantitative estimate of drug-likeness (QED) is 0.655. The number of hydrogen-bond donors (Lipinski definition) is 1. The first kappa shape index (κ1) is 12.9. The van der Waals surface area contributed by atoms with Crippen LogP contribution in [0.2, 0.25) is 0 Å². The molecular formula is C11H26N2. The Labute approximate surface area is 83.7 Å². The van der Waals surface area contributed by atoms with Crippen molar-refractivity contribution in [1.82, 2.24) is 10.2 Å². The Morgan fingerprint density at radius 2 is 1.92 bits per heavy atom. The Morgan fingerprint density at radius 3 is 2.31 bits per heavy atom. The van der Waals surface area contributed by atoms with Crippen LogP contribution in [0.4, 0.5) is 0 Å². The van der Waals surface area contributed by atoms with E-state index >= 15 is 0 Å². The molecule has 0 saturated carbocycles. The first-order valence-electron chi connectivity index (χ1n) is 5.53. The van der Waals surface area contributed by atoms with Crippen LogP contribution in [0.3, 0.4) is 0 Å². The van der Waals surface area contributed by atoms with Gasteiger partial charge in [0.1, 0.15) is 0 Å². The Bertz CT molecular complexity index is 115. The molecule has 0 rings (SSSR count). The van der Waals surface area contributed by atoms with E-state index in [2.05, 4.69) is 38.0 Å². The van der Waals surface area contributed by atoms with Crippen LogP contribution >= 0.6 is 0 Å². The van der Waals surface area contributed by atoms with E-state index in [0.717, 1.165) is 6.54 Å². The third kappa shape index (κ3) is 4.63. The van der Waals surface area contributed by atoms with Crippen LogP contribution in [0.25, 0.3) is 0 Å². The minimum atomic E-state index is 0.687. The fourth-order valence-electron chi connectivity index (χ4n) is 1.79. The lowest BCUT2D eigenvalue weighted by Crippen LogP contribution is -2.43. The molecule has 2 nitrogen and oxygen atoms in total. The standard InChI is InChI=1S/C11H26N2/c1-6-8-10(3)13(5)11(7-2)9-12-4/h10-12H,6-9H2,1-5H3. The molecule has 0 spiro atoms. The summed E-state index contributed by atoms with van der Waals surface area (Å²) in [5, 5.41) is 3.25. The van der Waals surface area contributed by atoms with E-state index in [-0.39, 0.29) is 0 Å². The zero-order chi connectivity index (χ0) is 10.3. The molecule has 0 aliphatic carbocycles. The van der Waals surface area contributed by atoms with Gasteiger partial charge < -0.3 is 5.32 Å². The minimum Gasteiger partial charge on any atom is -0.318 e. The monoisotopic (exact) mass is 186 g/mol. The minimum absolute atomic E-state index is 0.687. The van der Waals surface area contributed by atoms with Crippen molar-refractivity contribution in [3.63, 3.8) is 0 Å². The van der Waals surface area contributed by atoms with E-state index in [0.29, 0.717) is 12.1 Å². The van der Waals surface area contributed by atoms with E-state index in [1.807, 2.05) is 7.05 Å². The lowest BCUT2D eigenvalue weighted by Gasteiger charge is -2.32. The number of likely N-dealkylation sites (N-methyl/N-ethyl adjacent to an activating group) is 2. The summed E-state index contributed by atoms with van der Waals surface area (Å²) >= 11 is 0. The molecule has 0 aliphatic rings. The normalized spacial score (nSPS) is 16.2. The second-order valence-electron chi connectivity index (χ2n) is 3.92. The van der Waals surface area contributed by atoms with E-state index in [1.54, 1.807) is 0 Å². The molecule has 0 radical (unpaired) electrons. The molecule has 0 heterocycles. The zero-order valence-corrected chi connectivity index (χ0v) is 9.93. The van der Waals surface area contributed by atoms with Gasteiger partial charge in [-0.15, -0.1) is 0 Å². The van der Waals surface area contributed by atoms with Gasteiger partial charge in [0.05, 0.1) is 0 Å². The van der Waals surface area contributed by atoms with Gasteiger partial charge in [-0.25, -0.2) is 0 Å². The smallest absolute Gasteiger partial charge is 0.0217 e. The van der Waals surface area contributed by atoms with Gasteiger partial charge in [0.25, 0.3) is 0 Å². The van der Waals surface area contributed by atoms with Crippen molar-refractivity contribution in [2.75, 3.05) is 20.6 Å². The maximum Gasteiger partial charge on any atom is 0.0217 e. The van der Waals surface area contributed by atoms with Gasteiger partial charge in [-0.3, -0.25) is 4.90 Å². The highest BCUT2D eigenvalue weighted by Crippen LogP contribution is 2.10. The van der Waals surface area contributed by atoms with Gasteiger partial charge in [0.15, 0.2) is 0 Å². The van der Waals surface area contributed by atoms with Crippen LogP contribution in [-0.2, 0) is 0 Å². The summed E-state index contributed by atoms with van der Waals surface area (Å²) in [5.41, 5.74) is 0. The number of nitrogens with zero attached hydrogens (tertiary/aromatic N) is 1. The molecule has 0 fully saturated rings. The van der Waals surface area contributed by atoms with E-state index < -0.39 is 0 Å². The lowest BCUT2D eigenvalue weighted by molar-refractivity contribution is 0.169. The molecule has 0 saturated heterocycles. The fourth-order valence-corrected chi connectivity index (χ4v) is 1.79. The van der Waals surface area contributed by atoms with Crippen molar-refractivity contribution in [3.05, 3.63) is 0 Å². The molecular weight excluding hydrogens is 160 g/mol. The molecule has 2 unspecified atom stereocenters. The first-order valence-corrected chi connectivity index (χ1v) is 5.53. The van der Waals surface area contributed by atoms with Crippen LogP contribution in [0.5, 0.6) is 0 Å². The number of nitrogens with one attached hydrogen (secondary N) is 1. The Balaban J connectivity index is 3.94. The molecule has 0 amide bonds. The topological polar surface area (TPSA) is 15.3 Å². The zero-order valence-electron chi connectivity index (χ0n) is 9.93. The fraction of sp³-hybridized carbons (Fsp3) is 1.00. The molecule has 13 heavy (non-hydrogen) atoms. The molecule has 0 aromatic rings. The highest BCUT2D eigenvalue weighted by atomic mass is 15.2. The van der Waals surface area contributed by atoms with Gasteiger partial charge in [-0.2, -0.15) is 0 Å². The van der Waals surface area contributed by atoms with Gasteiger partial charge >= 0.3 is 0 Å². The molecule has 0 aromatic carbocycles. The van der Waals surface area contributed by atoms with E-state index in [1.165, 1.54) is 19.3 Å². The van der Waals surface area contributed by atoms with Crippen molar-refractivity contribution in [1.29, 1.82) is 0 Å². The molecule has 0 bridgehead atoms. The summed E-state index contributed by atoms with van der Waals surface area (Å²) in [4.78, 5) is 2.50. The number of hydrogen-bond acceptors (Lipinski definition) is 2. The van der Waals surface area contributed by atoms with Crippen molar-refractivity contribution in [3.8, 4) is 0 Å². The average Bonchev–Trinajstić information content (AvgIpc) is 2.13. The van der Waals surface area contributed by atoms with Crippen LogP contribution in [-0.4, -0.2) is 37.6 Å². The highest BCUT2D eigenvalue weighted by Gasteiger charge is 2.16. The van der Waals surface area contributed by atoms with Gasteiger partial charge in [-0.05, 0) is 33.9 Å². The van der Waals surface area contributed by atoms with Crippen LogP contribution in [0.1, 0.15) is 40.0 Å². The molecule has 0 aliphatic heterocycles. The SMILES string of the molecule is CCCC(C)N(C)C(CC)CNC. The second-order valence-corrected chi connectivity index (χ2v) is 3.92. The van der Waals surface area contributed by atoms with Crippen molar-refractivity contribution < 1.29 is 0 Å². The van der Waals surface area contributed by atoms with E-state index in [4.69, 9.17) is 0 Å². The van der Waals surface area contributed by atoms with Crippen molar-refractivity contribution in [2.45, 2.75) is 52.1 Å². The largest absolute Gasteiger partial charge is 0.318 e. The first-order chi connectivity index (χ1) is 6.17. The predicted molar refractivity (Wildman–Crippen MR) is 60.1 cm³/mol. The van der Waals surface area contributed by atoms with Gasteiger partial charge in [0.2, 0.25) is 0 Å². The van der Waals surface area contributed by atoms with Gasteiger partial charge in [0, 0.05) is 18.6 Å². The van der Waals surface area contributed by atoms with Crippen LogP contribution in [0.15, 0.2) is 0 Å². The second kappa shape index (κ2) is 7.34. The molecule has 2 atom stereocenters. The summed E-state index contributed by atoms with van der Waals surface area (Å²) < 4.78 is 0. The summed E-state index contributed by atoms with van der Waals surface area (Å²) in [6.45, 7) is 7.93. The Kier molecular flexibility index (Phi) is 7.29. The molecule has 0 aromatic heterocycles. The highest BCUT2D eigenvalue weighted by molar-refractivity contribution is 4.73. The Hall–Kier alpha value is -0.0800. The maximum atomic E-state index is 3.25. The predicted octanol–water partition coefficient (Wildman–Crippen LogP) is 2.10. The van der Waals surface area contributed by atoms with Gasteiger partial charge in [-0.1, -0.05) is 20.3 Å². The lowest BCUT2D eigenvalue weighted by atomic mass is 10.1. The molecule has 80 valence electrons. The van der Waals surface area contributed by atoms with E-state index in [9.17, 15) is 0 Å². The van der Waals surface area contributed by atoms with Crippen molar-refractivity contribution >= 4 is 0 Å². The Morgan fingerprint density at radius 1 is 1.31 bits per heavy atom. The number of rotatable bonds is 7. The third-order valence-corrected chi connectivity index (χ3v) is 2.89. The third-order valence-electron chi connectivity index (χ3n) is 2.89. The maximum absolute atomic E-state index is 3.25. The summed E-state index contributed by atoms with van der Waals surface area (Å²) in [7, 11) is 4.27. The van der Waals surface area contributed by atoms with Crippen molar-refractivity contribution in [2.24, 2.45) is 0 Å². The van der Waals surface area contributed by atoms with Crippen LogP contribution < -0.4 is 5.32 Å². The summed E-state index contributed by atoms with van der Waals surface area (Å²) in [6.07, 6.45) is 3.81. The molecule has 1 N–H and O–H groups in total. The summed E-state index contributed by atoms with van der Waals surface area (Å²) in [6, 6.07) is 1.40. The molecule has 2 heteroatoms. The average molecular weight is 186 g/mol. The van der Waals surface area contributed by atoms with Crippen LogP contribution in [0, 0.1) is 0 Å².